The fourth-order valence-electron chi connectivity index (χ4n) is 3.98. The number of hydrogen-bond acceptors (Lipinski definition) is 6. The molecule has 0 saturated carbocycles. The van der Waals surface area contributed by atoms with Crippen molar-refractivity contribution in [1.29, 1.82) is 0 Å². The Bertz CT molecular complexity index is 1060. The van der Waals surface area contributed by atoms with E-state index in [9.17, 15) is 22.7 Å². The fraction of sp³-hybridized carbons (Fsp3) is 0.350. The number of ether oxygens (including phenoxy) is 2. The van der Waals surface area contributed by atoms with Gasteiger partial charge < -0.3 is 19.7 Å². The van der Waals surface area contributed by atoms with Crippen molar-refractivity contribution < 1.29 is 37.3 Å². The van der Waals surface area contributed by atoms with Gasteiger partial charge in [-0.2, -0.15) is 0 Å². The van der Waals surface area contributed by atoms with Crippen LogP contribution in [0.5, 0.6) is 5.75 Å². The van der Waals surface area contributed by atoms with Crippen molar-refractivity contribution in [2.24, 2.45) is 0 Å². The molecule has 30 heavy (non-hydrogen) atoms. The Hall–Kier alpha value is -2.69. The van der Waals surface area contributed by atoms with Gasteiger partial charge in [0, 0.05) is 17.2 Å². The molecule has 10 heteroatoms. The van der Waals surface area contributed by atoms with Crippen LogP contribution >= 0.6 is 0 Å². The molecule has 2 aromatic rings. The first-order chi connectivity index (χ1) is 14.3. The summed E-state index contributed by atoms with van der Waals surface area (Å²) >= 11 is 0. The Kier molecular flexibility index (Phi) is 5.39. The number of anilines is 1. The molecule has 2 aliphatic rings. The summed E-state index contributed by atoms with van der Waals surface area (Å²) in [5.41, 5.74) is 1.01. The minimum absolute atomic E-state index is 0.0774. The minimum Gasteiger partial charge on any atom is -0.487 e. The molecule has 0 spiro atoms. The number of carbonyl (C=O) groups is 1. The van der Waals surface area contributed by atoms with Crippen molar-refractivity contribution in [3.63, 3.8) is 0 Å². The van der Waals surface area contributed by atoms with Crippen LogP contribution in [0.2, 0.25) is 0 Å². The number of nitrogens with one attached hydrogen (secondary N) is 1. The van der Waals surface area contributed by atoms with E-state index in [-0.39, 0.29) is 23.8 Å². The number of aliphatic hydroxyl groups is 1. The molecule has 0 unspecified atom stereocenters. The average molecular weight is 437 g/mol. The SMILES string of the molecule is O=C(O)C[C@H]1C[C@@H]2c3cc(NS(=O)(=O)c4ccc(F)cc4)ccc3O[C@@H]2[C@H](CO)O1. The number of hydrogen-bond donors (Lipinski definition) is 3. The van der Waals surface area contributed by atoms with Crippen molar-refractivity contribution in [2.45, 2.75) is 42.0 Å². The number of carboxylic acid groups (broad SMARTS) is 1. The molecule has 1 fully saturated rings. The number of fused-ring (bicyclic) bond motifs is 3. The number of aliphatic carboxylic acids is 1. The van der Waals surface area contributed by atoms with Crippen molar-refractivity contribution in [2.75, 3.05) is 11.3 Å². The van der Waals surface area contributed by atoms with Gasteiger partial charge in [0.15, 0.2) is 0 Å². The van der Waals surface area contributed by atoms with Crippen LogP contribution in [0.1, 0.15) is 24.3 Å². The highest BCUT2D eigenvalue weighted by Crippen LogP contribution is 2.47. The number of carboxylic acids is 1. The molecule has 0 amide bonds. The zero-order valence-electron chi connectivity index (χ0n) is 15.7. The quantitative estimate of drug-likeness (QED) is 0.633. The number of sulfonamides is 1. The first kappa shape index (κ1) is 20.6. The Balaban J connectivity index is 1.60. The second-order valence-corrected chi connectivity index (χ2v) is 9.00. The van der Waals surface area contributed by atoms with E-state index in [1.165, 1.54) is 12.1 Å². The van der Waals surface area contributed by atoms with E-state index >= 15 is 0 Å². The topological polar surface area (TPSA) is 122 Å². The van der Waals surface area contributed by atoms with E-state index in [1.807, 2.05) is 0 Å². The van der Waals surface area contributed by atoms with Gasteiger partial charge in [-0.3, -0.25) is 9.52 Å². The van der Waals surface area contributed by atoms with Crippen LogP contribution in [0.15, 0.2) is 47.4 Å². The van der Waals surface area contributed by atoms with E-state index in [0.717, 1.165) is 17.7 Å². The molecule has 160 valence electrons. The summed E-state index contributed by atoms with van der Waals surface area (Å²) in [6, 6.07) is 9.27. The first-order valence-corrected chi connectivity index (χ1v) is 10.8. The Labute approximate surface area is 172 Å². The molecule has 2 heterocycles. The van der Waals surface area contributed by atoms with Gasteiger partial charge in [0.1, 0.15) is 23.8 Å². The van der Waals surface area contributed by atoms with Crippen molar-refractivity contribution in [3.05, 3.63) is 53.8 Å². The van der Waals surface area contributed by atoms with Crippen LogP contribution in [0.4, 0.5) is 10.1 Å². The maximum absolute atomic E-state index is 13.1. The van der Waals surface area contributed by atoms with Gasteiger partial charge in [-0.15, -0.1) is 0 Å². The van der Waals surface area contributed by atoms with E-state index in [2.05, 4.69) is 4.72 Å². The van der Waals surface area contributed by atoms with Gasteiger partial charge in [0.05, 0.1) is 24.0 Å². The molecule has 3 N–H and O–H groups in total. The predicted molar refractivity (Wildman–Crippen MR) is 103 cm³/mol. The lowest BCUT2D eigenvalue weighted by Gasteiger charge is -2.36. The number of rotatable bonds is 6. The number of aliphatic hydroxyl groups excluding tert-OH is 1. The van der Waals surface area contributed by atoms with Gasteiger partial charge in [-0.25, -0.2) is 12.8 Å². The smallest absolute Gasteiger partial charge is 0.305 e. The molecule has 2 aliphatic heterocycles. The summed E-state index contributed by atoms with van der Waals surface area (Å²) in [5, 5.41) is 18.7. The zero-order chi connectivity index (χ0) is 21.5. The van der Waals surface area contributed by atoms with Crippen molar-refractivity contribution in [1.82, 2.24) is 0 Å². The molecule has 0 aromatic heterocycles. The van der Waals surface area contributed by atoms with Gasteiger partial charge in [0.2, 0.25) is 0 Å². The summed E-state index contributed by atoms with van der Waals surface area (Å²) < 4.78 is 52.3. The normalized spacial score (nSPS) is 25.1. The van der Waals surface area contributed by atoms with Crippen LogP contribution in [-0.4, -0.2) is 49.5 Å². The molecule has 4 atom stereocenters. The number of benzene rings is 2. The summed E-state index contributed by atoms with van der Waals surface area (Å²) in [5.74, 6) is -1.25. The van der Waals surface area contributed by atoms with E-state index in [4.69, 9.17) is 14.6 Å². The van der Waals surface area contributed by atoms with Gasteiger partial charge in [-0.05, 0) is 48.9 Å². The van der Waals surface area contributed by atoms with Crippen LogP contribution in [0.25, 0.3) is 0 Å². The third-order valence-electron chi connectivity index (χ3n) is 5.28. The molecule has 0 radical (unpaired) electrons. The average Bonchev–Trinajstić information content (AvgIpc) is 3.05. The van der Waals surface area contributed by atoms with Crippen molar-refractivity contribution in [3.8, 4) is 5.75 Å². The largest absolute Gasteiger partial charge is 0.487 e. The highest BCUT2D eigenvalue weighted by Gasteiger charge is 2.46. The van der Waals surface area contributed by atoms with Gasteiger partial charge >= 0.3 is 5.97 Å². The van der Waals surface area contributed by atoms with Gasteiger partial charge in [0.25, 0.3) is 10.0 Å². The Morgan fingerprint density at radius 2 is 1.93 bits per heavy atom. The number of halogens is 1. The zero-order valence-corrected chi connectivity index (χ0v) is 16.5. The first-order valence-electron chi connectivity index (χ1n) is 9.34. The monoisotopic (exact) mass is 437 g/mol. The molecule has 0 aliphatic carbocycles. The minimum atomic E-state index is -3.92. The fourth-order valence-corrected chi connectivity index (χ4v) is 5.02. The predicted octanol–water partition coefficient (Wildman–Crippen LogP) is 2.10. The highest BCUT2D eigenvalue weighted by atomic mass is 32.2. The third-order valence-corrected chi connectivity index (χ3v) is 6.67. The summed E-state index contributed by atoms with van der Waals surface area (Å²) in [7, 11) is -3.92. The second kappa shape index (κ2) is 7.86. The summed E-state index contributed by atoms with van der Waals surface area (Å²) in [4.78, 5) is 11.0. The van der Waals surface area contributed by atoms with E-state index in [0.29, 0.717) is 17.9 Å². The molecule has 0 bridgehead atoms. The van der Waals surface area contributed by atoms with Crippen LogP contribution in [-0.2, 0) is 19.6 Å². The Morgan fingerprint density at radius 3 is 2.60 bits per heavy atom. The lowest BCUT2D eigenvalue weighted by molar-refractivity contribution is -0.153. The lowest BCUT2D eigenvalue weighted by atomic mass is 9.84. The van der Waals surface area contributed by atoms with Crippen LogP contribution in [0.3, 0.4) is 0 Å². The highest BCUT2D eigenvalue weighted by molar-refractivity contribution is 7.92. The molecule has 8 nitrogen and oxygen atoms in total. The maximum atomic E-state index is 13.1. The van der Waals surface area contributed by atoms with Gasteiger partial charge in [-0.1, -0.05) is 0 Å². The summed E-state index contributed by atoms with van der Waals surface area (Å²) in [6.07, 6.45) is -1.59. The standard InChI is InChI=1S/C20H20FNO7S/c21-11-1-4-14(5-2-11)30(26,27)22-12-3-6-17-15(7-12)16-8-13(9-19(24)25)28-18(10-23)20(16)29-17/h1-7,13,16,18,20,22-23H,8-10H2,(H,24,25)/t13-,16-,18+,20+/m1/s1. The second-order valence-electron chi connectivity index (χ2n) is 7.31. The summed E-state index contributed by atoms with van der Waals surface area (Å²) in [6.45, 7) is -0.324. The third kappa shape index (κ3) is 3.98. The van der Waals surface area contributed by atoms with E-state index < -0.39 is 40.1 Å². The van der Waals surface area contributed by atoms with Crippen LogP contribution in [0, 0.1) is 5.82 Å². The molecule has 4 rings (SSSR count). The lowest BCUT2D eigenvalue weighted by Crippen LogP contribution is -2.46. The molecular formula is C20H20FNO7S. The molecular weight excluding hydrogens is 417 g/mol. The molecule has 2 aromatic carbocycles. The van der Waals surface area contributed by atoms with E-state index in [1.54, 1.807) is 18.2 Å². The molecule has 1 saturated heterocycles. The van der Waals surface area contributed by atoms with Crippen molar-refractivity contribution >= 4 is 21.7 Å². The maximum Gasteiger partial charge on any atom is 0.305 e. The Morgan fingerprint density at radius 1 is 1.20 bits per heavy atom. The van der Waals surface area contributed by atoms with Crippen LogP contribution < -0.4 is 9.46 Å².